The maximum absolute atomic E-state index is 11.8. The summed E-state index contributed by atoms with van der Waals surface area (Å²) in [7, 11) is 1.56. The lowest BCUT2D eigenvalue weighted by atomic mass is 10.2. The number of aryl methyl sites for hydroxylation is 1. The van der Waals surface area contributed by atoms with Crippen LogP contribution in [0.2, 0.25) is 0 Å². The van der Waals surface area contributed by atoms with E-state index >= 15 is 0 Å². The lowest BCUT2D eigenvalue weighted by molar-refractivity contribution is -0.118. The molecule has 0 unspecified atom stereocenters. The standard InChI is InChI=1S/C16H18N2O4/c1-4-5-12-6-7-13(14(9-12)20-3)21-10-16(19)17-15-8-11(2)22-18-15/h4-9H,10H2,1-3H3,(H,17,18,19)/b5-4+. The first-order chi connectivity index (χ1) is 10.6. The third-order valence-electron chi connectivity index (χ3n) is 2.80. The predicted octanol–water partition coefficient (Wildman–Crippen LogP) is 3.04. The number of ether oxygens (including phenoxy) is 2. The summed E-state index contributed by atoms with van der Waals surface area (Å²) in [4.78, 5) is 11.8. The smallest absolute Gasteiger partial charge is 0.263 e. The van der Waals surface area contributed by atoms with Crippen LogP contribution in [-0.2, 0) is 4.79 Å². The van der Waals surface area contributed by atoms with Gasteiger partial charge in [-0.25, -0.2) is 0 Å². The van der Waals surface area contributed by atoms with Gasteiger partial charge in [0.15, 0.2) is 23.9 Å². The second-order valence-corrected chi connectivity index (χ2v) is 4.57. The number of aromatic nitrogens is 1. The van der Waals surface area contributed by atoms with Gasteiger partial charge in [-0.2, -0.15) is 0 Å². The molecule has 1 N–H and O–H groups in total. The van der Waals surface area contributed by atoms with Crippen molar-refractivity contribution in [1.82, 2.24) is 5.16 Å². The minimum atomic E-state index is -0.326. The number of allylic oxidation sites excluding steroid dienone is 1. The van der Waals surface area contributed by atoms with Crippen LogP contribution < -0.4 is 14.8 Å². The first kappa shape index (κ1) is 15.6. The highest BCUT2D eigenvalue weighted by atomic mass is 16.5. The molecular weight excluding hydrogens is 284 g/mol. The Bertz CT molecular complexity index is 677. The van der Waals surface area contributed by atoms with Gasteiger partial charge in [0, 0.05) is 6.07 Å². The highest BCUT2D eigenvalue weighted by Gasteiger charge is 2.10. The van der Waals surface area contributed by atoms with E-state index in [1.165, 1.54) is 0 Å². The zero-order valence-corrected chi connectivity index (χ0v) is 12.8. The zero-order valence-electron chi connectivity index (χ0n) is 12.8. The topological polar surface area (TPSA) is 73.6 Å². The summed E-state index contributed by atoms with van der Waals surface area (Å²) < 4.78 is 15.6. The fourth-order valence-corrected chi connectivity index (χ4v) is 1.85. The number of rotatable bonds is 6. The van der Waals surface area contributed by atoms with Crippen LogP contribution in [0.4, 0.5) is 5.82 Å². The molecule has 0 spiro atoms. The third kappa shape index (κ3) is 4.12. The molecular formula is C16H18N2O4. The lowest BCUT2D eigenvalue weighted by Crippen LogP contribution is -2.20. The van der Waals surface area contributed by atoms with Crippen molar-refractivity contribution in [2.24, 2.45) is 0 Å². The van der Waals surface area contributed by atoms with Crippen molar-refractivity contribution in [1.29, 1.82) is 0 Å². The quantitative estimate of drug-likeness (QED) is 0.887. The van der Waals surface area contributed by atoms with Gasteiger partial charge in [-0.1, -0.05) is 23.4 Å². The van der Waals surface area contributed by atoms with Crippen LogP contribution in [-0.4, -0.2) is 24.8 Å². The number of methoxy groups -OCH3 is 1. The summed E-state index contributed by atoms with van der Waals surface area (Å²) in [6.45, 7) is 3.54. The van der Waals surface area contributed by atoms with Gasteiger partial charge in [-0.05, 0) is 31.5 Å². The van der Waals surface area contributed by atoms with Crippen molar-refractivity contribution in [3.05, 3.63) is 41.7 Å². The molecule has 0 bridgehead atoms. The molecule has 0 radical (unpaired) electrons. The van der Waals surface area contributed by atoms with Crippen molar-refractivity contribution >= 4 is 17.8 Å². The Balaban J connectivity index is 1.97. The number of benzene rings is 1. The summed E-state index contributed by atoms with van der Waals surface area (Å²) in [6.07, 6.45) is 3.88. The largest absolute Gasteiger partial charge is 0.493 e. The number of carbonyl (C=O) groups excluding carboxylic acids is 1. The summed E-state index contributed by atoms with van der Waals surface area (Å²) in [5, 5.41) is 6.26. The fraction of sp³-hybridized carbons (Fsp3) is 0.250. The number of hydrogen-bond donors (Lipinski definition) is 1. The van der Waals surface area contributed by atoms with Crippen molar-refractivity contribution in [2.75, 3.05) is 19.0 Å². The first-order valence-electron chi connectivity index (χ1n) is 6.79. The van der Waals surface area contributed by atoms with E-state index in [0.717, 1.165) is 5.56 Å². The lowest BCUT2D eigenvalue weighted by Gasteiger charge is -2.11. The van der Waals surface area contributed by atoms with Crippen molar-refractivity contribution in [3.8, 4) is 11.5 Å². The van der Waals surface area contributed by atoms with Crippen LogP contribution >= 0.6 is 0 Å². The van der Waals surface area contributed by atoms with Gasteiger partial charge in [0.25, 0.3) is 5.91 Å². The number of anilines is 1. The van der Waals surface area contributed by atoms with Crippen LogP contribution in [0.5, 0.6) is 11.5 Å². The molecule has 0 aliphatic rings. The molecule has 0 saturated heterocycles. The van der Waals surface area contributed by atoms with Gasteiger partial charge in [-0.15, -0.1) is 0 Å². The van der Waals surface area contributed by atoms with Crippen LogP contribution in [0.3, 0.4) is 0 Å². The van der Waals surface area contributed by atoms with Crippen LogP contribution in [0.1, 0.15) is 18.2 Å². The average Bonchev–Trinajstić information content (AvgIpc) is 2.91. The molecule has 2 aromatic rings. The minimum absolute atomic E-state index is 0.148. The number of nitrogens with one attached hydrogen (secondary N) is 1. The molecule has 1 amide bonds. The van der Waals surface area contributed by atoms with E-state index in [0.29, 0.717) is 23.1 Å². The van der Waals surface area contributed by atoms with E-state index in [2.05, 4.69) is 10.5 Å². The van der Waals surface area contributed by atoms with E-state index in [1.807, 2.05) is 31.2 Å². The average molecular weight is 302 g/mol. The predicted molar refractivity (Wildman–Crippen MR) is 83.1 cm³/mol. The number of carbonyl (C=O) groups is 1. The maximum Gasteiger partial charge on any atom is 0.263 e. The summed E-state index contributed by atoms with van der Waals surface area (Å²) >= 11 is 0. The zero-order chi connectivity index (χ0) is 15.9. The Hall–Kier alpha value is -2.76. The van der Waals surface area contributed by atoms with Crippen LogP contribution in [0, 0.1) is 6.92 Å². The van der Waals surface area contributed by atoms with E-state index in [-0.39, 0.29) is 12.5 Å². The van der Waals surface area contributed by atoms with E-state index in [4.69, 9.17) is 14.0 Å². The maximum atomic E-state index is 11.8. The van der Waals surface area contributed by atoms with Crippen molar-refractivity contribution < 1.29 is 18.8 Å². The van der Waals surface area contributed by atoms with Gasteiger partial charge in [0.2, 0.25) is 0 Å². The van der Waals surface area contributed by atoms with Crippen molar-refractivity contribution in [2.45, 2.75) is 13.8 Å². The minimum Gasteiger partial charge on any atom is -0.493 e. The van der Waals surface area contributed by atoms with E-state index < -0.39 is 0 Å². The Kier molecular flexibility index (Phi) is 5.19. The summed E-state index contributed by atoms with van der Waals surface area (Å²) in [6, 6.07) is 7.12. The molecule has 6 nitrogen and oxygen atoms in total. The molecule has 1 heterocycles. The highest BCUT2D eigenvalue weighted by molar-refractivity contribution is 5.90. The van der Waals surface area contributed by atoms with Gasteiger partial charge in [0.1, 0.15) is 5.76 Å². The Morgan fingerprint density at radius 3 is 2.82 bits per heavy atom. The normalized spacial score (nSPS) is 10.7. The molecule has 22 heavy (non-hydrogen) atoms. The number of amides is 1. The monoisotopic (exact) mass is 302 g/mol. The summed E-state index contributed by atoms with van der Waals surface area (Å²) in [5.41, 5.74) is 0.995. The molecule has 0 aliphatic heterocycles. The van der Waals surface area contributed by atoms with Crippen LogP contribution in [0.15, 0.2) is 34.9 Å². The van der Waals surface area contributed by atoms with E-state index in [1.54, 1.807) is 26.2 Å². The molecule has 0 fully saturated rings. The molecule has 0 saturated carbocycles. The Labute approximate surface area is 128 Å². The van der Waals surface area contributed by atoms with Gasteiger partial charge in [-0.3, -0.25) is 4.79 Å². The number of nitrogens with zero attached hydrogens (tertiary/aromatic N) is 1. The Morgan fingerprint density at radius 2 is 2.18 bits per heavy atom. The molecule has 6 heteroatoms. The molecule has 116 valence electrons. The molecule has 0 atom stereocenters. The van der Waals surface area contributed by atoms with E-state index in [9.17, 15) is 4.79 Å². The second-order valence-electron chi connectivity index (χ2n) is 4.57. The Morgan fingerprint density at radius 1 is 1.36 bits per heavy atom. The third-order valence-corrected chi connectivity index (χ3v) is 2.80. The molecule has 0 aliphatic carbocycles. The molecule has 2 rings (SSSR count). The SMILES string of the molecule is C/C=C/c1ccc(OCC(=O)Nc2cc(C)on2)c(OC)c1. The van der Waals surface area contributed by atoms with Gasteiger partial charge < -0.3 is 19.3 Å². The van der Waals surface area contributed by atoms with Gasteiger partial charge >= 0.3 is 0 Å². The highest BCUT2D eigenvalue weighted by Crippen LogP contribution is 2.28. The molecule has 1 aromatic carbocycles. The van der Waals surface area contributed by atoms with Crippen molar-refractivity contribution in [3.63, 3.8) is 0 Å². The van der Waals surface area contributed by atoms with Crippen LogP contribution in [0.25, 0.3) is 6.08 Å². The van der Waals surface area contributed by atoms with Gasteiger partial charge in [0.05, 0.1) is 7.11 Å². The second kappa shape index (κ2) is 7.31. The molecule has 1 aromatic heterocycles. The summed E-state index contributed by atoms with van der Waals surface area (Å²) in [5.74, 6) is 1.73. The fourth-order valence-electron chi connectivity index (χ4n) is 1.85. The number of hydrogen-bond acceptors (Lipinski definition) is 5. The first-order valence-corrected chi connectivity index (χ1v) is 6.79.